The zero-order valence-corrected chi connectivity index (χ0v) is 12.4. The van der Waals surface area contributed by atoms with Crippen molar-refractivity contribution in [2.24, 2.45) is 0 Å². The lowest BCUT2D eigenvalue weighted by atomic mass is 10.2. The van der Waals surface area contributed by atoms with Gasteiger partial charge < -0.3 is 5.11 Å². The van der Waals surface area contributed by atoms with Gasteiger partial charge in [0.1, 0.15) is 0 Å². The van der Waals surface area contributed by atoms with Crippen LogP contribution in [0.3, 0.4) is 0 Å². The van der Waals surface area contributed by atoms with E-state index in [0.717, 1.165) is 23.8 Å². The predicted octanol–water partition coefficient (Wildman–Crippen LogP) is 2.84. The van der Waals surface area contributed by atoms with Crippen molar-refractivity contribution in [3.8, 4) is 0 Å². The fourth-order valence-corrected chi connectivity index (χ4v) is 2.82. The van der Waals surface area contributed by atoms with Gasteiger partial charge >= 0.3 is 5.97 Å². The fraction of sp³-hybridized carbons (Fsp3) is 0.692. The van der Waals surface area contributed by atoms with Crippen molar-refractivity contribution >= 4 is 17.3 Å². The molecule has 0 aliphatic carbocycles. The first-order chi connectivity index (χ1) is 8.40. The summed E-state index contributed by atoms with van der Waals surface area (Å²) < 4.78 is 0. The number of carboxylic acids is 1. The average molecular weight is 270 g/mol. The zero-order chi connectivity index (χ0) is 13.7. The standard InChI is InChI=1S/C13H22N2O2S/c1-9(2)15(7-5-6-13(16)17)8-12-10(3)14-11(4)18-12/h9H,5-8H2,1-4H3,(H,16,17). The van der Waals surface area contributed by atoms with Crippen LogP contribution in [-0.2, 0) is 11.3 Å². The highest BCUT2D eigenvalue weighted by Gasteiger charge is 2.14. The van der Waals surface area contributed by atoms with Gasteiger partial charge in [0.2, 0.25) is 0 Å². The summed E-state index contributed by atoms with van der Waals surface area (Å²) in [5, 5.41) is 9.77. The normalized spacial score (nSPS) is 11.4. The molecular formula is C13H22N2O2S. The fourth-order valence-electron chi connectivity index (χ4n) is 1.86. The third-order valence-corrected chi connectivity index (χ3v) is 3.97. The van der Waals surface area contributed by atoms with Crippen LogP contribution in [0.15, 0.2) is 0 Å². The first kappa shape index (κ1) is 15.1. The zero-order valence-electron chi connectivity index (χ0n) is 11.6. The van der Waals surface area contributed by atoms with Crippen LogP contribution in [0.2, 0.25) is 0 Å². The van der Waals surface area contributed by atoms with Crippen LogP contribution in [0, 0.1) is 13.8 Å². The minimum atomic E-state index is -0.719. The summed E-state index contributed by atoms with van der Waals surface area (Å²) in [7, 11) is 0. The van der Waals surface area contributed by atoms with E-state index in [0.29, 0.717) is 12.5 Å². The quantitative estimate of drug-likeness (QED) is 0.827. The molecule has 102 valence electrons. The smallest absolute Gasteiger partial charge is 0.303 e. The minimum absolute atomic E-state index is 0.240. The van der Waals surface area contributed by atoms with Gasteiger partial charge in [-0.2, -0.15) is 0 Å². The van der Waals surface area contributed by atoms with Crippen LogP contribution in [0.4, 0.5) is 0 Å². The number of hydrogen-bond donors (Lipinski definition) is 1. The Kier molecular flexibility index (Phi) is 5.75. The first-order valence-electron chi connectivity index (χ1n) is 6.29. The van der Waals surface area contributed by atoms with Crippen molar-refractivity contribution < 1.29 is 9.90 Å². The third-order valence-electron chi connectivity index (χ3n) is 2.91. The van der Waals surface area contributed by atoms with Crippen LogP contribution >= 0.6 is 11.3 Å². The molecule has 0 aromatic carbocycles. The second-order valence-corrected chi connectivity index (χ2v) is 6.09. The summed E-state index contributed by atoms with van der Waals surface area (Å²) in [6.07, 6.45) is 0.939. The molecule has 1 aromatic rings. The number of aryl methyl sites for hydroxylation is 2. The highest BCUT2D eigenvalue weighted by atomic mass is 32.1. The van der Waals surface area contributed by atoms with Crippen LogP contribution in [-0.4, -0.2) is 33.5 Å². The van der Waals surface area contributed by atoms with Gasteiger partial charge in [-0.1, -0.05) is 0 Å². The van der Waals surface area contributed by atoms with Gasteiger partial charge in [-0.3, -0.25) is 9.69 Å². The maximum atomic E-state index is 10.5. The second-order valence-electron chi connectivity index (χ2n) is 4.80. The number of nitrogens with zero attached hydrogens (tertiary/aromatic N) is 2. The number of hydrogen-bond acceptors (Lipinski definition) is 4. The molecule has 0 saturated heterocycles. The van der Waals surface area contributed by atoms with E-state index in [1.54, 1.807) is 11.3 Å². The number of carbonyl (C=O) groups is 1. The van der Waals surface area contributed by atoms with E-state index in [9.17, 15) is 4.79 Å². The molecule has 1 rings (SSSR count). The van der Waals surface area contributed by atoms with Crippen LogP contribution in [0.5, 0.6) is 0 Å². The van der Waals surface area contributed by atoms with Gasteiger partial charge in [-0.25, -0.2) is 4.98 Å². The molecule has 18 heavy (non-hydrogen) atoms. The molecule has 0 saturated carbocycles. The Morgan fingerprint density at radius 1 is 1.44 bits per heavy atom. The summed E-state index contributed by atoms with van der Waals surface area (Å²) in [5.41, 5.74) is 1.10. The lowest BCUT2D eigenvalue weighted by Gasteiger charge is -2.25. The molecule has 0 amide bonds. The maximum Gasteiger partial charge on any atom is 0.303 e. The molecule has 0 spiro atoms. The van der Waals surface area contributed by atoms with E-state index in [2.05, 4.69) is 23.7 Å². The largest absolute Gasteiger partial charge is 0.481 e. The summed E-state index contributed by atoms with van der Waals surface area (Å²) in [4.78, 5) is 18.6. The van der Waals surface area contributed by atoms with Crippen molar-refractivity contribution in [3.63, 3.8) is 0 Å². The summed E-state index contributed by atoms with van der Waals surface area (Å²) in [6, 6.07) is 0.417. The van der Waals surface area contributed by atoms with Crippen LogP contribution in [0.1, 0.15) is 42.3 Å². The molecule has 4 nitrogen and oxygen atoms in total. The lowest BCUT2D eigenvalue weighted by molar-refractivity contribution is -0.137. The van der Waals surface area contributed by atoms with E-state index in [1.807, 2.05) is 13.8 Å². The molecule has 1 heterocycles. The van der Waals surface area contributed by atoms with Gasteiger partial charge in [0.15, 0.2) is 0 Å². The summed E-state index contributed by atoms with van der Waals surface area (Å²) >= 11 is 1.73. The molecule has 0 aliphatic heterocycles. The van der Waals surface area contributed by atoms with E-state index in [-0.39, 0.29) is 6.42 Å². The van der Waals surface area contributed by atoms with Crippen molar-refractivity contribution in [3.05, 3.63) is 15.6 Å². The van der Waals surface area contributed by atoms with Gasteiger partial charge in [0.05, 0.1) is 10.7 Å². The minimum Gasteiger partial charge on any atom is -0.481 e. The number of carboxylic acid groups (broad SMARTS) is 1. The molecule has 0 unspecified atom stereocenters. The molecule has 1 aromatic heterocycles. The number of rotatable bonds is 7. The number of aliphatic carboxylic acids is 1. The van der Waals surface area contributed by atoms with Crippen LogP contribution in [0.25, 0.3) is 0 Å². The van der Waals surface area contributed by atoms with Crippen molar-refractivity contribution in [1.82, 2.24) is 9.88 Å². The highest BCUT2D eigenvalue weighted by Crippen LogP contribution is 2.20. The second kappa shape index (κ2) is 6.85. The SMILES string of the molecule is Cc1nc(C)c(CN(CCCC(=O)O)C(C)C)s1. The third kappa shape index (κ3) is 4.74. The Balaban J connectivity index is 2.57. The van der Waals surface area contributed by atoms with E-state index in [1.165, 1.54) is 4.88 Å². The molecular weight excluding hydrogens is 248 g/mol. The molecule has 5 heteroatoms. The van der Waals surface area contributed by atoms with Gasteiger partial charge in [0.25, 0.3) is 0 Å². The Morgan fingerprint density at radius 2 is 2.11 bits per heavy atom. The van der Waals surface area contributed by atoms with Crippen molar-refractivity contribution in [2.45, 2.75) is 53.1 Å². The average Bonchev–Trinajstić information content (AvgIpc) is 2.55. The monoisotopic (exact) mass is 270 g/mol. The first-order valence-corrected chi connectivity index (χ1v) is 7.10. The summed E-state index contributed by atoms with van der Waals surface area (Å²) in [6.45, 7) is 10.0. The van der Waals surface area contributed by atoms with Gasteiger partial charge in [0, 0.05) is 23.9 Å². The van der Waals surface area contributed by atoms with E-state index in [4.69, 9.17) is 5.11 Å². The Labute approximate surface area is 113 Å². The molecule has 0 fully saturated rings. The van der Waals surface area contributed by atoms with Crippen molar-refractivity contribution in [2.75, 3.05) is 6.54 Å². The Hall–Kier alpha value is -0.940. The molecule has 1 N–H and O–H groups in total. The van der Waals surface area contributed by atoms with Gasteiger partial charge in [-0.05, 0) is 40.7 Å². The predicted molar refractivity (Wildman–Crippen MR) is 74.0 cm³/mol. The van der Waals surface area contributed by atoms with Crippen molar-refractivity contribution in [1.29, 1.82) is 0 Å². The van der Waals surface area contributed by atoms with E-state index >= 15 is 0 Å². The summed E-state index contributed by atoms with van der Waals surface area (Å²) in [5.74, 6) is -0.719. The Bertz CT molecular complexity index is 402. The highest BCUT2D eigenvalue weighted by molar-refractivity contribution is 7.11. The van der Waals surface area contributed by atoms with E-state index < -0.39 is 5.97 Å². The Morgan fingerprint density at radius 3 is 2.56 bits per heavy atom. The lowest BCUT2D eigenvalue weighted by Crippen LogP contribution is -2.31. The molecule has 0 atom stereocenters. The number of aromatic nitrogens is 1. The molecule has 0 aliphatic rings. The molecule has 0 radical (unpaired) electrons. The maximum absolute atomic E-state index is 10.5. The van der Waals surface area contributed by atoms with Gasteiger partial charge in [-0.15, -0.1) is 11.3 Å². The number of thiazole rings is 1. The van der Waals surface area contributed by atoms with Crippen LogP contribution < -0.4 is 0 Å². The topological polar surface area (TPSA) is 53.4 Å². The molecule has 0 bridgehead atoms.